The van der Waals surface area contributed by atoms with Crippen molar-refractivity contribution in [3.63, 3.8) is 0 Å². The number of rotatable bonds is 4. The van der Waals surface area contributed by atoms with Crippen LogP contribution in [0.25, 0.3) is 0 Å². The predicted octanol–water partition coefficient (Wildman–Crippen LogP) is -0.597. The van der Waals surface area contributed by atoms with E-state index in [0.29, 0.717) is 6.54 Å². The molecule has 0 saturated carbocycles. The first kappa shape index (κ1) is 12.1. The van der Waals surface area contributed by atoms with Crippen molar-refractivity contribution in [2.24, 2.45) is 5.73 Å². The molecule has 0 aliphatic carbocycles. The molecule has 6 nitrogen and oxygen atoms in total. The number of carbonyl (C=O) groups is 1. The number of carbonyl (C=O) groups excluding carboxylic acids is 1. The summed E-state index contributed by atoms with van der Waals surface area (Å²) >= 11 is 0. The van der Waals surface area contributed by atoms with Crippen LogP contribution in [0.3, 0.4) is 0 Å². The Morgan fingerprint density at radius 3 is 2.82 bits per heavy atom. The molecule has 0 spiro atoms. The highest BCUT2D eigenvalue weighted by atomic mass is 16.1. The lowest BCUT2D eigenvalue weighted by Crippen LogP contribution is -2.36. The molecule has 1 amide bonds. The maximum Gasteiger partial charge on any atom is 0.231 e. The van der Waals surface area contributed by atoms with E-state index in [1.54, 1.807) is 6.20 Å². The number of hydrogen-bond acceptors (Lipinski definition) is 4. The molecule has 0 atom stereocenters. The van der Waals surface area contributed by atoms with Crippen molar-refractivity contribution in [1.82, 2.24) is 20.0 Å². The number of nitrogens with zero attached hydrogens (tertiary/aromatic N) is 3. The fraction of sp³-hybridized carbons (Fsp3) is 0.636. The summed E-state index contributed by atoms with van der Waals surface area (Å²) < 4.78 is 0. The molecule has 6 heteroatoms. The highest BCUT2D eigenvalue weighted by Crippen LogP contribution is 2.06. The van der Waals surface area contributed by atoms with Crippen LogP contribution in [0, 0.1) is 0 Å². The number of nitrogens with one attached hydrogen (secondary N) is 1. The van der Waals surface area contributed by atoms with E-state index >= 15 is 0 Å². The molecule has 2 rings (SSSR count). The van der Waals surface area contributed by atoms with E-state index in [-0.39, 0.29) is 5.91 Å². The van der Waals surface area contributed by atoms with Gasteiger partial charge in [-0.1, -0.05) is 0 Å². The van der Waals surface area contributed by atoms with Crippen LogP contribution < -0.4 is 5.73 Å². The molecule has 0 aromatic carbocycles. The minimum Gasteiger partial charge on any atom is -0.369 e. The van der Waals surface area contributed by atoms with E-state index in [4.69, 9.17) is 5.73 Å². The molecule has 1 saturated heterocycles. The van der Waals surface area contributed by atoms with Gasteiger partial charge in [0.05, 0.1) is 6.54 Å². The Hall–Kier alpha value is -1.40. The minimum absolute atomic E-state index is 0.244. The average molecular weight is 237 g/mol. The lowest BCUT2D eigenvalue weighted by atomic mass is 10.3. The van der Waals surface area contributed by atoms with Crippen LogP contribution in [0.15, 0.2) is 12.3 Å². The van der Waals surface area contributed by atoms with Gasteiger partial charge in [-0.25, -0.2) is 0 Å². The molecule has 1 aliphatic heterocycles. The van der Waals surface area contributed by atoms with E-state index in [0.717, 1.165) is 44.8 Å². The quantitative estimate of drug-likeness (QED) is 0.733. The van der Waals surface area contributed by atoms with Crippen molar-refractivity contribution in [3.8, 4) is 0 Å². The maximum atomic E-state index is 10.9. The molecule has 1 aromatic rings. The summed E-state index contributed by atoms with van der Waals surface area (Å²) in [6.45, 7) is 5.13. The molecule has 0 unspecified atom stereocenters. The van der Waals surface area contributed by atoms with Crippen molar-refractivity contribution >= 4 is 5.91 Å². The second kappa shape index (κ2) is 5.79. The summed E-state index contributed by atoms with van der Waals surface area (Å²) in [7, 11) is 0. The van der Waals surface area contributed by atoms with Gasteiger partial charge in [0.25, 0.3) is 0 Å². The van der Waals surface area contributed by atoms with Crippen molar-refractivity contribution in [2.45, 2.75) is 13.0 Å². The van der Waals surface area contributed by atoms with Crippen LogP contribution >= 0.6 is 0 Å². The Bertz CT molecular complexity index is 351. The van der Waals surface area contributed by atoms with Gasteiger partial charge >= 0.3 is 0 Å². The van der Waals surface area contributed by atoms with Crippen LogP contribution in [0.1, 0.15) is 12.1 Å². The van der Waals surface area contributed by atoms with Crippen molar-refractivity contribution in [1.29, 1.82) is 0 Å². The third-order valence-corrected chi connectivity index (χ3v) is 3.01. The molecular formula is C11H19N5O. The van der Waals surface area contributed by atoms with E-state index in [1.165, 1.54) is 0 Å². The first-order chi connectivity index (χ1) is 8.24. The highest BCUT2D eigenvalue weighted by molar-refractivity contribution is 5.75. The summed E-state index contributed by atoms with van der Waals surface area (Å²) in [5.74, 6) is -0.244. The second-order valence-corrected chi connectivity index (χ2v) is 4.45. The molecule has 94 valence electrons. The fourth-order valence-corrected chi connectivity index (χ4v) is 2.17. The first-order valence-electron chi connectivity index (χ1n) is 5.95. The molecule has 1 aliphatic rings. The van der Waals surface area contributed by atoms with Crippen LogP contribution in [0.5, 0.6) is 0 Å². The van der Waals surface area contributed by atoms with Gasteiger partial charge in [-0.05, 0) is 25.6 Å². The van der Waals surface area contributed by atoms with E-state index in [9.17, 15) is 4.79 Å². The van der Waals surface area contributed by atoms with Crippen LogP contribution in [0.4, 0.5) is 0 Å². The lowest BCUT2D eigenvalue weighted by Gasteiger charge is -2.20. The zero-order valence-electron chi connectivity index (χ0n) is 9.93. The number of nitrogens with two attached hydrogens (primary N) is 1. The Balaban J connectivity index is 1.81. The van der Waals surface area contributed by atoms with Crippen LogP contribution in [-0.2, 0) is 11.3 Å². The van der Waals surface area contributed by atoms with E-state index < -0.39 is 0 Å². The number of hydrogen-bond donors (Lipinski definition) is 2. The SMILES string of the molecule is NC(=O)CN1CCCN(Cc2ccn[nH]2)CC1. The number of primary amides is 1. The van der Waals surface area contributed by atoms with Gasteiger partial charge in [0.1, 0.15) is 0 Å². The second-order valence-electron chi connectivity index (χ2n) is 4.45. The summed E-state index contributed by atoms with van der Waals surface area (Å²) in [4.78, 5) is 15.4. The summed E-state index contributed by atoms with van der Waals surface area (Å²) in [5.41, 5.74) is 6.34. The molecule has 0 bridgehead atoms. The van der Waals surface area contributed by atoms with Crippen LogP contribution in [0.2, 0.25) is 0 Å². The van der Waals surface area contributed by atoms with Gasteiger partial charge in [0, 0.05) is 31.5 Å². The monoisotopic (exact) mass is 237 g/mol. The molecule has 17 heavy (non-hydrogen) atoms. The number of amides is 1. The first-order valence-corrected chi connectivity index (χ1v) is 5.95. The van der Waals surface area contributed by atoms with Gasteiger partial charge in [-0.3, -0.25) is 19.7 Å². The largest absolute Gasteiger partial charge is 0.369 e. The molecule has 3 N–H and O–H groups in total. The molecule has 2 heterocycles. The predicted molar refractivity (Wildman–Crippen MR) is 64.1 cm³/mol. The Morgan fingerprint density at radius 1 is 1.35 bits per heavy atom. The van der Waals surface area contributed by atoms with E-state index in [2.05, 4.69) is 20.0 Å². The van der Waals surface area contributed by atoms with Crippen LogP contribution in [-0.4, -0.2) is 58.6 Å². The van der Waals surface area contributed by atoms with Gasteiger partial charge in [-0.2, -0.15) is 5.10 Å². The Kier molecular flexibility index (Phi) is 4.11. The van der Waals surface area contributed by atoms with Crippen molar-refractivity contribution < 1.29 is 4.79 Å². The topological polar surface area (TPSA) is 78.2 Å². The standard InChI is InChI=1S/C11H19N5O/c12-11(17)9-16-5-1-4-15(6-7-16)8-10-2-3-13-14-10/h2-3H,1,4-9H2,(H2,12,17)(H,13,14). The van der Waals surface area contributed by atoms with Gasteiger partial charge in [0.15, 0.2) is 0 Å². The van der Waals surface area contributed by atoms with Gasteiger partial charge in [0.2, 0.25) is 5.91 Å². The molecular weight excluding hydrogens is 218 g/mol. The molecule has 1 aromatic heterocycles. The Labute approximate surface area is 101 Å². The van der Waals surface area contributed by atoms with Crippen molar-refractivity contribution in [2.75, 3.05) is 32.7 Å². The molecule has 1 fully saturated rings. The average Bonchev–Trinajstić information content (AvgIpc) is 2.68. The Morgan fingerprint density at radius 2 is 2.12 bits per heavy atom. The fourth-order valence-electron chi connectivity index (χ4n) is 2.17. The third kappa shape index (κ3) is 3.83. The zero-order valence-corrected chi connectivity index (χ0v) is 9.93. The summed E-state index contributed by atoms with van der Waals surface area (Å²) in [6.07, 6.45) is 2.84. The van der Waals surface area contributed by atoms with Gasteiger partial charge in [-0.15, -0.1) is 0 Å². The smallest absolute Gasteiger partial charge is 0.231 e. The summed E-state index contributed by atoms with van der Waals surface area (Å²) in [6, 6.07) is 1.99. The number of aromatic amines is 1. The van der Waals surface area contributed by atoms with E-state index in [1.807, 2.05) is 6.07 Å². The van der Waals surface area contributed by atoms with Gasteiger partial charge < -0.3 is 5.73 Å². The number of aromatic nitrogens is 2. The highest BCUT2D eigenvalue weighted by Gasteiger charge is 2.16. The minimum atomic E-state index is -0.244. The zero-order chi connectivity index (χ0) is 12.1. The van der Waals surface area contributed by atoms with Crippen molar-refractivity contribution in [3.05, 3.63) is 18.0 Å². The molecule has 0 radical (unpaired) electrons. The third-order valence-electron chi connectivity index (χ3n) is 3.01. The summed E-state index contributed by atoms with van der Waals surface area (Å²) in [5, 5.41) is 6.91. The number of H-pyrrole nitrogens is 1. The maximum absolute atomic E-state index is 10.9. The normalized spacial score (nSPS) is 19.1. The lowest BCUT2D eigenvalue weighted by molar-refractivity contribution is -0.119.